The van der Waals surface area contributed by atoms with E-state index in [-0.39, 0.29) is 12.0 Å². The normalized spacial score (nSPS) is 19.1. The molecule has 0 saturated carbocycles. The van der Waals surface area contributed by atoms with Gasteiger partial charge in [-0.05, 0) is 31.0 Å². The summed E-state index contributed by atoms with van der Waals surface area (Å²) in [6.45, 7) is 0.660. The SMILES string of the molecule is COc1ccc(Br)cc1NC(=O)[C@H]1CCCO1. The molecule has 1 aliphatic heterocycles. The lowest BCUT2D eigenvalue weighted by Gasteiger charge is -2.13. The maximum atomic E-state index is 11.9. The van der Waals surface area contributed by atoms with Gasteiger partial charge < -0.3 is 14.8 Å². The molecule has 0 bridgehead atoms. The van der Waals surface area contributed by atoms with Crippen molar-refractivity contribution in [1.82, 2.24) is 0 Å². The van der Waals surface area contributed by atoms with Gasteiger partial charge in [0.1, 0.15) is 11.9 Å². The van der Waals surface area contributed by atoms with Crippen molar-refractivity contribution in [1.29, 1.82) is 0 Å². The molecule has 4 nitrogen and oxygen atoms in total. The predicted molar refractivity (Wildman–Crippen MR) is 68.3 cm³/mol. The summed E-state index contributed by atoms with van der Waals surface area (Å²) in [5.74, 6) is 0.526. The van der Waals surface area contributed by atoms with Crippen LogP contribution in [0.25, 0.3) is 0 Å². The van der Waals surface area contributed by atoms with Crippen molar-refractivity contribution >= 4 is 27.5 Å². The molecule has 0 radical (unpaired) electrons. The monoisotopic (exact) mass is 299 g/mol. The van der Waals surface area contributed by atoms with Gasteiger partial charge in [-0.25, -0.2) is 0 Å². The quantitative estimate of drug-likeness (QED) is 0.933. The van der Waals surface area contributed by atoms with Crippen LogP contribution in [0.5, 0.6) is 5.75 Å². The third-order valence-electron chi connectivity index (χ3n) is 2.64. The number of methoxy groups -OCH3 is 1. The highest BCUT2D eigenvalue weighted by Crippen LogP contribution is 2.28. The highest BCUT2D eigenvalue weighted by Gasteiger charge is 2.24. The molecule has 5 heteroatoms. The second kappa shape index (κ2) is 5.51. The van der Waals surface area contributed by atoms with E-state index in [0.29, 0.717) is 18.0 Å². The topological polar surface area (TPSA) is 47.6 Å². The van der Waals surface area contributed by atoms with E-state index in [1.165, 1.54) is 0 Å². The number of hydrogen-bond donors (Lipinski definition) is 1. The van der Waals surface area contributed by atoms with Crippen molar-refractivity contribution in [2.75, 3.05) is 19.0 Å². The molecule has 2 rings (SSSR count). The van der Waals surface area contributed by atoms with E-state index in [2.05, 4.69) is 21.2 Å². The van der Waals surface area contributed by atoms with Crippen molar-refractivity contribution in [3.63, 3.8) is 0 Å². The van der Waals surface area contributed by atoms with Gasteiger partial charge in [0.05, 0.1) is 12.8 Å². The van der Waals surface area contributed by atoms with Crippen molar-refractivity contribution < 1.29 is 14.3 Å². The van der Waals surface area contributed by atoms with Crippen LogP contribution in [0.4, 0.5) is 5.69 Å². The molecule has 92 valence electrons. The molecule has 17 heavy (non-hydrogen) atoms. The van der Waals surface area contributed by atoms with Crippen LogP contribution in [-0.4, -0.2) is 25.7 Å². The summed E-state index contributed by atoms with van der Waals surface area (Å²) in [6, 6.07) is 5.47. The van der Waals surface area contributed by atoms with Crippen LogP contribution < -0.4 is 10.1 Å². The summed E-state index contributed by atoms with van der Waals surface area (Å²) in [6.07, 6.45) is 1.38. The van der Waals surface area contributed by atoms with Crippen molar-refractivity contribution in [2.45, 2.75) is 18.9 Å². The number of ether oxygens (including phenoxy) is 2. The van der Waals surface area contributed by atoms with Crippen LogP contribution in [0.1, 0.15) is 12.8 Å². The summed E-state index contributed by atoms with van der Waals surface area (Å²) in [5, 5.41) is 2.83. The lowest BCUT2D eigenvalue weighted by atomic mass is 10.2. The summed E-state index contributed by atoms with van der Waals surface area (Å²) in [4.78, 5) is 11.9. The number of carbonyl (C=O) groups is 1. The van der Waals surface area contributed by atoms with E-state index >= 15 is 0 Å². The van der Waals surface area contributed by atoms with Crippen LogP contribution in [-0.2, 0) is 9.53 Å². The lowest BCUT2D eigenvalue weighted by Crippen LogP contribution is -2.27. The average molecular weight is 300 g/mol. The van der Waals surface area contributed by atoms with Gasteiger partial charge in [-0.1, -0.05) is 15.9 Å². The number of carbonyl (C=O) groups excluding carboxylic acids is 1. The maximum Gasteiger partial charge on any atom is 0.253 e. The zero-order valence-corrected chi connectivity index (χ0v) is 11.1. The minimum absolute atomic E-state index is 0.112. The molecule has 1 saturated heterocycles. The zero-order chi connectivity index (χ0) is 12.3. The summed E-state index contributed by atoms with van der Waals surface area (Å²) in [7, 11) is 1.57. The van der Waals surface area contributed by atoms with Gasteiger partial charge in [0.15, 0.2) is 0 Å². The maximum absolute atomic E-state index is 11.9. The first-order chi connectivity index (χ1) is 8.20. The largest absolute Gasteiger partial charge is 0.495 e. The van der Waals surface area contributed by atoms with Crippen molar-refractivity contribution in [3.8, 4) is 5.75 Å². The Hall–Kier alpha value is -1.07. The molecule has 1 fully saturated rings. The predicted octanol–water partition coefficient (Wildman–Crippen LogP) is 2.58. The average Bonchev–Trinajstić information content (AvgIpc) is 2.83. The Labute approximate surface area is 108 Å². The number of benzene rings is 1. The Bertz CT molecular complexity index is 416. The molecule has 1 heterocycles. The number of rotatable bonds is 3. The van der Waals surface area contributed by atoms with Crippen LogP contribution >= 0.6 is 15.9 Å². The first-order valence-corrected chi connectivity index (χ1v) is 6.26. The van der Waals surface area contributed by atoms with Gasteiger partial charge in [-0.15, -0.1) is 0 Å². The van der Waals surface area contributed by atoms with Crippen LogP contribution in [0.3, 0.4) is 0 Å². The number of hydrogen-bond acceptors (Lipinski definition) is 3. The Balaban J connectivity index is 2.11. The lowest BCUT2D eigenvalue weighted by molar-refractivity contribution is -0.124. The van der Waals surface area contributed by atoms with E-state index in [1.807, 2.05) is 12.1 Å². The van der Waals surface area contributed by atoms with Crippen molar-refractivity contribution in [2.24, 2.45) is 0 Å². The summed E-state index contributed by atoms with van der Waals surface area (Å²) < 4.78 is 11.4. The van der Waals surface area contributed by atoms with Gasteiger partial charge >= 0.3 is 0 Å². The molecule has 1 aliphatic rings. The molecule has 0 aliphatic carbocycles. The molecule has 1 aromatic carbocycles. The van der Waals surface area contributed by atoms with Gasteiger partial charge in [0.2, 0.25) is 0 Å². The van der Waals surface area contributed by atoms with E-state index < -0.39 is 0 Å². The Morgan fingerprint density at radius 1 is 1.59 bits per heavy atom. The first kappa shape index (κ1) is 12.4. The van der Waals surface area contributed by atoms with Gasteiger partial charge in [0, 0.05) is 11.1 Å². The molecular formula is C12H14BrNO3. The van der Waals surface area contributed by atoms with E-state index in [9.17, 15) is 4.79 Å². The smallest absolute Gasteiger partial charge is 0.253 e. The Morgan fingerprint density at radius 3 is 3.06 bits per heavy atom. The zero-order valence-electron chi connectivity index (χ0n) is 9.53. The van der Waals surface area contributed by atoms with Gasteiger partial charge in [-0.3, -0.25) is 4.79 Å². The molecule has 0 unspecified atom stereocenters. The Kier molecular flexibility index (Phi) is 4.02. The number of halogens is 1. The fraction of sp³-hybridized carbons (Fsp3) is 0.417. The minimum atomic E-state index is -0.335. The second-order valence-electron chi connectivity index (χ2n) is 3.84. The number of anilines is 1. The fourth-order valence-electron chi connectivity index (χ4n) is 1.78. The second-order valence-corrected chi connectivity index (χ2v) is 4.75. The molecule has 0 aromatic heterocycles. The summed E-state index contributed by atoms with van der Waals surface area (Å²) >= 11 is 3.36. The molecule has 1 N–H and O–H groups in total. The van der Waals surface area contributed by atoms with Crippen LogP contribution in [0, 0.1) is 0 Å². The third kappa shape index (κ3) is 2.98. The first-order valence-electron chi connectivity index (χ1n) is 5.46. The van der Waals surface area contributed by atoms with Crippen LogP contribution in [0.2, 0.25) is 0 Å². The fourth-order valence-corrected chi connectivity index (χ4v) is 2.14. The van der Waals surface area contributed by atoms with E-state index in [0.717, 1.165) is 17.3 Å². The molecule has 0 spiro atoms. The number of nitrogens with one attached hydrogen (secondary N) is 1. The Morgan fingerprint density at radius 2 is 2.41 bits per heavy atom. The molecule has 1 atom stereocenters. The number of amides is 1. The standard InChI is InChI=1S/C12H14BrNO3/c1-16-10-5-4-8(13)7-9(10)14-12(15)11-3-2-6-17-11/h4-5,7,11H,2-3,6H2,1H3,(H,14,15)/t11-/m1/s1. The van der Waals surface area contributed by atoms with Crippen molar-refractivity contribution in [3.05, 3.63) is 22.7 Å². The highest BCUT2D eigenvalue weighted by molar-refractivity contribution is 9.10. The molecule has 1 aromatic rings. The van der Waals surface area contributed by atoms with E-state index in [1.54, 1.807) is 13.2 Å². The van der Waals surface area contributed by atoms with Gasteiger partial charge in [-0.2, -0.15) is 0 Å². The minimum Gasteiger partial charge on any atom is -0.495 e. The highest BCUT2D eigenvalue weighted by atomic mass is 79.9. The third-order valence-corrected chi connectivity index (χ3v) is 3.13. The van der Waals surface area contributed by atoms with E-state index in [4.69, 9.17) is 9.47 Å². The molecule has 1 amide bonds. The van der Waals surface area contributed by atoms with Crippen LogP contribution in [0.15, 0.2) is 22.7 Å². The summed E-state index contributed by atoms with van der Waals surface area (Å²) in [5.41, 5.74) is 0.655. The molecular weight excluding hydrogens is 286 g/mol. The van der Waals surface area contributed by atoms with Gasteiger partial charge in [0.25, 0.3) is 5.91 Å².